The van der Waals surface area contributed by atoms with Crippen LogP contribution in [0.1, 0.15) is 52.6 Å². The molecule has 2 aliphatic heterocycles. The fourth-order valence-electron chi connectivity index (χ4n) is 4.80. The number of aliphatic hydroxyl groups is 2. The molecule has 13 heteroatoms. The second kappa shape index (κ2) is 10.4. The van der Waals surface area contributed by atoms with E-state index in [9.17, 15) is 19.8 Å². The standard InChI is InChI=1S/C24H29N7O6/c25-19-16-20(29-24(26)28-19)31(12-27-16)23-18(17(33)15(11-32)37-23)36-10-6-2-1-5-9-30-21(34)13-7-3-4-8-14(13)22(30)35/h3-4,7-8,12,15,17-18,23,32-33H,1-2,5-6,9-11H2,(H4,25,26,28,29)/t15-,17+,18?,23-/m1/s1. The van der Waals surface area contributed by atoms with Gasteiger partial charge < -0.3 is 31.2 Å². The van der Waals surface area contributed by atoms with Gasteiger partial charge in [-0.2, -0.15) is 9.97 Å². The molecule has 0 radical (unpaired) electrons. The summed E-state index contributed by atoms with van der Waals surface area (Å²) in [6.45, 7) is 0.310. The van der Waals surface area contributed by atoms with Crippen LogP contribution in [0.3, 0.4) is 0 Å². The summed E-state index contributed by atoms with van der Waals surface area (Å²) in [7, 11) is 0. The normalized spacial score (nSPS) is 23.4. The lowest BCUT2D eigenvalue weighted by atomic mass is 10.1. The molecule has 2 amide bonds. The molecular formula is C24H29N7O6. The Bertz CT molecular complexity index is 1280. The molecule has 1 saturated heterocycles. The smallest absolute Gasteiger partial charge is 0.261 e. The number of unbranched alkanes of at least 4 members (excludes halogenated alkanes) is 3. The van der Waals surface area contributed by atoms with Crippen LogP contribution in [-0.2, 0) is 9.47 Å². The highest BCUT2D eigenvalue weighted by Crippen LogP contribution is 2.34. The van der Waals surface area contributed by atoms with E-state index >= 15 is 0 Å². The van der Waals surface area contributed by atoms with Gasteiger partial charge in [0.1, 0.15) is 23.8 Å². The molecule has 13 nitrogen and oxygen atoms in total. The van der Waals surface area contributed by atoms with Gasteiger partial charge >= 0.3 is 0 Å². The molecule has 196 valence electrons. The fourth-order valence-corrected chi connectivity index (χ4v) is 4.80. The van der Waals surface area contributed by atoms with Crippen LogP contribution in [0.25, 0.3) is 11.2 Å². The number of aliphatic hydroxyl groups excluding tert-OH is 2. The van der Waals surface area contributed by atoms with Gasteiger partial charge in [0.05, 0.1) is 24.1 Å². The molecular weight excluding hydrogens is 482 g/mol. The summed E-state index contributed by atoms with van der Waals surface area (Å²) in [6.07, 6.45) is 0.919. The molecule has 0 bridgehead atoms. The largest absolute Gasteiger partial charge is 0.394 e. The number of nitrogen functional groups attached to an aromatic ring is 2. The van der Waals surface area contributed by atoms with Crippen molar-refractivity contribution < 1.29 is 29.3 Å². The van der Waals surface area contributed by atoms with E-state index in [4.69, 9.17) is 20.9 Å². The van der Waals surface area contributed by atoms with E-state index in [1.807, 2.05) is 0 Å². The number of aromatic nitrogens is 4. The van der Waals surface area contributed by atoms with Crippen molar-refractivity contribution in [3.63, 3.8) is 0 Å². The zero-order valence-corrected chi connectivity index (χ0v) is 20.1. The average molecular weight is 512 g/mol. The predicted octanol–water partition coefficient (Wildman–Crippen LogP) is 0.483. The Labute approximate surface area is 212 Å². The minimum atomic E-state index is -1.07. The van der Waals surface area contributed by atoms with Crippen molar-refractivity contribution in [2.45, 2.75) is 50.2 Å². The Kier molecular flexibility index (Phi) is 7.02. The lowest BCUT2D eigenvalue weighted by Crippen LogP contribution is -2.35. The van der Waals surface area contributed by atoms with Gasteiger partial charge in [-0.05, 0) is 25.0 Å². The molecule has 6 N–H and O–H groups in total. The van der Waals surface area contributed by atoms with Crippen molar-refractivity contribution in [3.8, 4) is 0 Å². The SMILES string of the molecule is Nc1nc(N)c2ncn([C@@H]3O[C@H](CO)[C@H](O)C3OCCCCCCN3C(=O)c4ccccc4C3=O)c2n1. The molecule has 1 fully saturated rings. The van der Waals surface area contributed by atoms with Crippen molar-refractivity contribution in [1.82, 2.24) is 24.4 Å². The molecule has 5 rings (SSSR count). The molecule has 2 aromatic heterocycles. The maximum absolute atomic E-state index is 12.5. The number of anilines is 2. The van der Waals surface area contributed by atoms with E-state index in [2.05, 4.69) is 15.0 Å². The highest BCUT2D eigenvalue weighted by atomic mass is 16.6. The summed E-state index contributed by atoms with van der Waals surface area (Å²) in [5.74, 6) is -0.395. The molecule has 1 aromatic carbocycles. The van der Waals surface area contributed by atoms with Crippen LogP contribution in [0.5, 0.6) is 0 Å². The van der Waals surface area contributed by atoms with Crippen LogP contribution in [0.2, 0.25) is 0 Å². The van der Waals surface area contributed by atoms with Gasteiger partial charge in [0.15, 0.2) is 17.7 Å². The summed E-state index contributed by atoms with van der Waals surface area (Å²) in [6, 6.07) is 6.85. The zero-order valence-electron chi connectivity index (χ0n) is 20.1. The number of carbonyl (C=O) groups is 2. The first-order valence-corrected chi connectivity index (χ1v) is 12.2. The average Bonchev–Trinajstić information content (AvgIpc) is 3.52. The molecule has 0 spiro atoms. The van der Waals surface area contributed by atoms with E-state index in [1.165, 1.54) is 11.2 Å². The Morgan fingerprint density at radius 3 is 2.43 bits per heavy atom. The van der Waals surface area contributed by atoms with E-state index in [0.29, 0.717) is 48.3 Å². The topological polar surface area (TPSA) is 192 Å². The quantitative estimate of drug-likeness (QED) is 0.219. The first-order chi connectivity index (χ1) is 17.9. The molecule has 37 heavy (non-hydrogen) atoms. The molecule has 2 aliphatic rings. The van der Waals surface area contributed by atoms with E-state index < -0.39 is 24.5 Å². The van der Waals surface area contributed by atoms with Gasteiger partial charge in [0, 0.05) is 13.2 Å². The molecule has 4 heterocycles. The monoisotopic (exact) mass is 511 g/mol. The lowest BCUT2D eigenvalue weighted by Gasteiger charge is -2.22. The number of nitrogens with zero attached hydrogens (tertiary/aromatic N) is 5. The molecule has 0 saturated carbocycles. The van der Waals surface area contributed by atoms with Gasteiger partial charge in [0.25, 0.3) is 11.8 Å². The molecule has 1 unspecified atom stereocenters. The van der Waals surface area contributed by atoms with Crippen molar-refractivity contribution in [1.29, 1.82) is 0 Å². The van der Waals surface area contributed by atoms with Crippen LogP contribution in [0.4, 0.5) is 11.8 Å². The number of benzene rings is 1. The van der Waals surface area contributed by atoms with Crippen LogP contribution >= 0.6 is 0 Å². The number of ether oxygens (including phenoxy) is 2. The Balaban J connectivity index is 1.13. The zero-order chi connectivity index (χ0) is 26.1. The maximum atomic E-state index is 12.5. The number of rotatable bonds is 10. The number of imide groups is 1. The number of imidazole rings is 1. The molecule has 0 aliphatic carbocycles. The van der Waals surface area contributed by atoms with Crippen LogP contribution in [0.15, 0.2) is 30.6 Å². The Hall–Kier alpha value is -3.65. The van der Waals surface area contributed by atoms with E-state index in [0.717, 1.165) is 12.8 Å². The summed E-state index contributed by atoms with van der Waals surface area (Å²) in [4.78, 5) is 38.5. The third-order valence-corrected chi connectivity index (χ3v) is 6.70. The second-order valence-corrected chi connectivity index (χ2v) is 9.09. The first-order valence-electron chi connectivity index (χ1n) is 12.2. The molecule has 4 atom stereocenters. The summed E-state index contributed by atoms with van der Waals surface area (Å²) in [5, 5.41) is 20.3. The van der Waals surface area contributed by atoms with Gasteiger partial charge in [-0.1, -0.05) is 25.0 Å². The van der Waals surface area contributed by atoms with Crippen LogP contribution in [0, 0.1) is 0 Å². The predicted molar refractivity (Wildman–Crippen MR) is 131 cm³/mol. The highest BCUT2D eigenvalue weighted by molar-refractivity contribution is 6.21. The number of nitrogens with two attached hydrogens (primary N) is 2. The summed E-state index contributed by atoms with van der Waals surface area (Å²) >= 11 is 0. The minimum Gasteiger partial charge on any atom is -0.394 e. The van der Waals surface area contributed by atoms with E-state index in [-0.39, 0.29) is 30.2 Å². The van der Waals surface area contributed by atoms with Crippen molar-refractivity contribution in [2.24, 2.45) is 0 Å². The van der Waals surface area contributed by atoms with Gasteiger partial charge in [0.2, 0.25) is 5.95 Å². The fraction of sp³-hybridized carbons (Fsp3) is 0.458. The van der Waals surface area contributed by atoms with E-state index in [1.54, 1.807) is 28.8 Å². The number of hydrogen-bond donors (Lipinski definition) is 4. The van der Waals surface area contributed by atoms with Gasteiger partial charge in [-0.15, -0.1) is 0 Å². The third kappa shape index (κ3) is 4.62. The number of carbonyl (C=O) groups excluding carboxylic acids is 2. The van der Waals surface area contributed by atoms with Crippen molar-refractivity contribution >= 4 is 34.7 Å². The first kappa shape index (κ1) is 25.0. The Morgan fingerprint density at radius 2 is 1.73 bits per heavy atom. The summed E-state index contributed by atoms with van der Waals surface area (Å²) in [5.41, 5.74) is 13.2. The second-order valence-electron chi connectivity index (χ2n) is 9.09. The number of fused-ring (bicyclic) bond motifs is 2. The lowest BCUT2D eigenvalue weighted by molar-refractivity contribution is -0.0711. The number of hydrogen-bond acceptors (Lipinski definition) is 11. The van der Waals surface area contributed by atoms with Gasteiger partial charge in [-0.25, -0.2) is 4.98 Å². The maximum Gasteiger partial charge on any atom is 0.261 e. The number of amides is 2. The van der Waals surface area contributed by atoms with Crippen molar-refractivity contribution in [3.05, 3.63) is 41.7 Å². The van der Waals surface area contributed by atoms with Gasteiger partial charge in [-0.3, -0.25) is 19.1 Å². The van der Waals surface area contributed by atoms with Crippen LogP contribution < -0.4 is 11.5 Å². The molecule has 3 aromatic rings. The van der Waals surface area contributed by atoms with Crippen LogP contribution in [-0.4, -0.2) is 84.5 Å². The Morgan fingerprint density at radius 1 is 1.03 bits per heavy atom. The third-order valence-electron chi connectivity index (χ3n) is 6.70. The highest BCUT2D eigenvalue weighted by Gasteiger charge is 2.46. The van der Waals surface area contributed by atoms with Crippen molar-refractivity contribution in [2.75, 3.05) is 31.2 Å². The minimum absolute atomic E-state index is 0.0253. The summed E-state index contributed by atoms with van der Waals surface area (Å²) < 4.78 is 13.4.